The third-order valence-corrected chi connectivity index (χ3v) is 3.36. The number of carbonyl (C=O) groups excluding carboxylic acids is 2. The molecular formula is C12H20O2. The summed E-state index contributed by atoms with van der Waals surface area (Å²) in [4.78, 5) is 22.7. The molecule has 0 aliphatic heterocycles. The average Bonchev–Trinajstić information content (AvgIpc) is 2.02. The van der Waals surface area contributed by atoms with Crippen LogP contribution in [0.2, 0.25) is 0 Å². The van der Waals surface area contributed by atoms with E-state index in [0.717, 1.165) is 12.8 Å². The van der Waals surface area contributed by atoms with E-state index in [1.54, 1.807) is 0 Å². The molecule has 0 N–H and O–H groups in total. The average molecular weight is 196 g/mol. The van der Waals surface area contributed by atoms with Crippen LogP contribution >= 0.6 is 0 Å². The minimum atomic E-state index is -0.312. The predicted molar refractivity (Wildman–Crippen MR) is 56.0 cm³/mol. The molecule has 1 saturated carbocycles. The van der Waals surface area contributed by atoms with Crippen LogP contribution in [-0.2, 0) is 9.59 Å². The Morgan fingerprint density at radius 1 is 1.36 bits per heavy atom. The van der Waals surface area contributed by atoms with E-state index in [4.69, 9.17) is 0 Å². The Morgan fingerprint density at radius 2 is 1.93 bits per heavy atom. The Labute approximate surface area is 86.1 Å². The summed E-state index contributed by atoms with van der Waals surface area (Å²) in [7, 11) is 0. The van der Waals surface area contributed by atoms with Gasteiger partial charge in [0.15, 0.2) is 0 Å². The fourth-order valence-corrected chi connectivity index (χ4v) is 2.20. The lowest BCUT2D eigenvalue weighted by atomic mass is 9.68. The van der Waals surface area contributed by atoms with Crippen molar-refractivity contribution in [3.05, 3.63) is 0 Å². The van der Waals surface area contributed by atoms with Gasteiger partial charge in [-0.25, -0.2) is 0 Å². The second-order valence-electron chi connectivity index (χ2n) is 5.47. The van der Waals surface area contributed by atoms with Crippen LogP contribution in [0.25, 0.3) is 0 Å². The van der Waals surface area contributed by atoms with Gasteiger partial charge in [0.1, 0.15) is 11.6 Å². The molecule has 2 atom stereocenters. The van der Waals surface area contributed by atoms with Crippen molar-refractivity contribution in [2.75, 3.05) is 0 Å². The standard InChI is InChI=1S/C12H20O2/c1-8(13)10-7-9(12(2,3)4)5-6-11(10)14/h9-10H,5-7H2,1-4H3. The fraction of sp³-hybridized carbons (Fsp3) is 0.833. The molecule has 0 bridgehead atoms. The first-order valence-corrected chi connectivity index (χ1v) is 5.35. The topological polar surface area (TPSA) is 34.1 Å². The Morgan fingerprint density at radius 3 is 2.36 bits per heavy atom. The molecule has 2 unspecified atom stereocenters. The van der Waals surface area contributed by atoms with Crippen molar-refractivity contribution >= 4 is 11.6 Å². The Kier molecular flexibility index (Phi) is 3.13. The summed E-state index contributed by atoms with van der Waals surface area (Å²) in [6, 6.07) is 0. The summed E-state index contributed by atoms with van der Waals surface area (Å²) in [5.74, 6) is 0.393. The summed E-state index contributed by atoms with van der Waals surface area (Å²) >= 11 is 0. The molecule has 0 aromatic rings. The summed E-state index contributed by atoms with van der Waals surface area (Å²) in [5, 5.41) is 0. The molecule has 80 valence electrons. The maximum absolute atomic E-state index is 11.5. The van der Waals surface area contributed by atoms with Crippen molar-refractivity contribution < 1.29 is 9.59 Å². The van der Waals surface area contributed by atoms with Gasteiger partial charge in [-0.05, 0) is 31.1 Å². The zero-order valence-corrected chi connectivity index (χ0v) is 9.59. The molecule has 0 radical (unpaired) electrons. The lowest BCUT2D eigenvalue weighted by Crippen LogP contribution is -2.35. The number of carbonyl (C=O) groups is 2. The Hall–Kier alpha value is -0.660. The quantitative estimate of drug-likeness (QED) is 0.604. The van der Waals surface area contributed by atoms with Crippen molar-refractivity contribution in [2.24, 2.45) is 17.3 Å². The smallest absolute Gasteiger partial charge is 0.143 e. The Balaban J connectivity index is 2.72. The van der Waals surface area contributed by atoms with Gasteiger partial charge < -0.3 is 0 Å². The lowest BCUT2D eigenvalue weighted by molar-refractivity contribution is -0.135. The monoisotopic (exact) mass is 196 g/mol. The molecule has 0 saturated heterocycles. The molecule has 1 rings (SSSR count). The highest BCUT2D eigenvalue weighted by molar-refractivity contribution is 6.01. The molecule has 1 aliphatic rings. The zero-order valence-electron chi connectivity index (χ0n) is 9.59. The SMILES string of the molecule is CC(=O)C1CC(C(C)(C)C)CCC1=O. The molecule has 0 aromatic heterocycles. The van der Waals surface area contributed by atoms with Crippen LogP contribution in [0.4, 0.5) is 0 Å². The molecule has 2 nitrogen and oxygen atoms in total. The van der Waals surface area contributed by atoms with E-state index in [0.29, 0.717) is 12.3 Å². The van der Waals surface area contributed by atoms with Crippen molar-refractivity contribution in [2.45, 2.75) is 47.0 Å². The van der Waals surface area contributed by atoms with Gasteiger partial charge >= 0.3 is 0 Å². The minimum absolute atomic E-state index is 0.0453. The third kappa shape index (κ3) is 2.43. The summed E-state index contributed by atoms with van der Waals surface area (Å²) in [6.45, 7) is 8.09. The highest BCUT2D eigenvalue weighted by Gasteiger charge is 2.36. The first-order valence-electron chi connectivity index (χ1n) is 5.35. The van der Waals surface area contributed by atoms with Crippen LogP contribution in [0, 0.1) is 17.3 Å². The van der Waals surface area contributed by atoms with Gasteiger partial charge in [-0.15, -0.1) is 0 Å². The van der Waals surface area contributed by atoms with Gasteiger partial charge in [-0.3, -0.25) is 9.59 Å². The van der Waals surface area contributed by atoms with Crippen LogP contribution < -0.4 is 0 Å². The molecule has 2 heteroatoms. The largest absolute Gasteiger partial charge is 0.299 e. The Bertz CT molecular complexity index is 248. The number of rotatable bonds is 1. The van der Waals surface area contributed by atoms with Crippen molar-refractivity contribution in [3.8, 4) is 0 Å². The minimum Gasteiger partial charge on any atom is -0.299 e. The van der Waals surface area contributed by atoms with E-state index in [2.05, 4.69) is 20.8 Å². The second-order valence-corrected chi connectivity index (χ2v) is 5.47. The third-order valence-electron chi connectivity index (χ3n) is 3.36. The van der Waals surface area contributed by atoms with Gasteiger partial charge in [0.2, 0.25) is 0 Å². The lowest BCUT2D eigenvalue weighted by Gasteiger charge is -2.36. The summed E-state index contributed by atoms with van der Waals surface area (Å²) < 4.78 is 0. The maximum Gasteiger partial charge on any atom is 0.143 e. The first kappa shape index (κ1) is 11.4. The number of hydrogen-bond donors (Lipinski definition) is 0. The van der Waals surface area contributed by atoms with E-state index in [1.165, 1.54) is 6.92 Å². The summed E-state index contributed by atoms with van der Waals surface area (Å²) in [5.41, 5.74) is 0.217. The molecule has 0 amide bonds. The van der Waals surface area contributed by atoms with Crippen LogP contribution in [0.5, 0.6) is 0 Å². The van der Waals surface area contributed by atoms with E-state index >= 15 is 0 Å². The van der Waals surface area contributed by atoms with E-state index in [-0.39, 0.29) is 22.9 Å². The molecule has 0 heterocycles. The highest BCUT2D eigenvalue weighted by atomic mass is 16.1. The molecule has 1 fully saturated rings. The van der Waals surface area contributed by atoms with Crippen LogP contribution in [0.3, 0.4) is 0 Å². The van der Waals surface area contributed by atoms with E-state index in [1.807, 2.05) is 0 Å². The number of hydrogen-bond acceptors (Lipinski definition) is 2. The van der Waals surface area contributed by atoms with E-state index in [9.17, 15) is 9.59 Å². The van der Waals surface area contributed by atoms with Crippen molar-refractivity contribution in [1.82, 2.24) is 0 Å². The van der Waals surface area contributed by atoms with Crippen LogP contribution in [0.1, 0.15) is 47.0 Å². The fourth-order valence-electron chi connectivity index (χ4n) is 2.20. The highest BCUT2D eigenvalue weighted by Crippen LogP contribution is 2.39. The molecule has 0 spiro atoms. The van der Waals surface area contributed by atoms with E-state index < -0.39 is 0 Å². The van der Waals surface area contributed by atoms with Crippen LogP contribution in [-0.4, -0.2) is 11.6 Å². The van der Waals surface area contributed by atoms with Crippen LogP contribution in [0.15, 0.2) is 0 Å². The van der Waals surface area contributed by atoms with Gasteiger partial charge in [-0.1, -0.05) is 20.8 Å². The molecular weight excluding hydrogens is 176 g/mol. The maximum atomic E-state index is 11.5. The predicted octanol–water partition coefficient (Wildman–Crippen LogP) is 2.61. The first-order chi connectivity index (χ1) is 6.32. The van der Waals surface area contributed by atoms with Gasteiger partial charge in [-0.2, -0.15) is 0 Å². The van der Waals surface area contributed by atoms with Crippen molar-refractivity contribution in [3.63, 3.8) is 0 Å². The van der Waals surface area contributed by atoms with Gasteiger partial charge in [0.05, 0.1) is 5.92 Å². The molecule has 14 heavy (non-hydrogen) atoms. The molecule has 0 aromatic carbocycles. The number of ketones is 2. The zero-order chi connectivity index (χ0) is 10.9. The van der Waals surface area contributed by atoms with Gasteiger partial charge in [0.25, 0.3) is 0 Å². The molecule has 1 aliphatic carbocycles. The van der Waals surface area contributed by atoms with Gasteiger partial charge in [0, 0.05) is 6.42 Å². The second kappa shape index (κ2) is 3.84. The summed E-state index contributed by atoms with van der Waals surface area (Å²) in [6.07, 6.45) is 2.30. The number of Topliss-reactive ketones (excluding diaryl/α,β-unsaturated/α-hetero) is 2. The normalized spacial score (nSPS) is 29.0. The van der Waals surface area contributed by atoms with Crippen molar-refractivity contribution in [1.29, 1.82) is 0 Å².